The summed E-state index contributed by atoms with van der Waals surface area (Å²) in [6, 6.07) is 0. The number of nitrogens with one attached hydrogen (secondary N) is 3. The zero-order valence-electron chi connectivity index (χ0n) is 16.1. The molecule has 2 rings (SSSR count). The van der Waals surface area contributed by atoms with E-state index in [2.05, 4.69) is 20.3 Å². The van der Waals surface area contributed by atoms with Crippen molar-refractivity contribution in [3.63, 3.8) is 0 Å². The molecule has 0 spiro atoms. The van der Waals surface area contributed by atoms with Gasteiger partial charge in [-0.3, -0.25) is 4.79 Å². The minimum absolute atomic E-state index is 0. The van der Waals surface area contributed by atoms with E-state index < -0.39 is 10.0 Å². The van der Waals surface area contributed by atoms with Crippen LogP contribution >= 0.6 is 12.4 Å². The zero-order valence-corrected chi connectivity index (χ0v) is 17.7. The van der Waals surface area contributed by atoms with Crippen LogP contribution in [0.4, 0.5) is 0 Å². The maximum absolute atomic E-state index is 12.2. The Labute approximate surface area is 167 Å². The molecule has 0 radical (unpaired) electrons. The lowest BCUT2D eigenvalue weighted by Crippen LogP contribution is -2.47. The fourth-order valence-corrected chi connectivity index (χ4v) is 4.11. The summed E-state index contributed by atoms with van der Waals surface area (Å²) in [5, 5.41) is 6.19. The first-order chi connectivity index (χ1) is 12.3. The summed E-state index contributed by atoms with van der Waals surface area (Å²) in [4.78, 5) is 16.1. The number of aromatic nitrogens is 2. The molecule has 1 aromatic rings. The van der Waals surface area contributed by atoms with Gasteiger partial charge in [-0.25, -0.2) is 18.1 Å². The Bertz CT molecular complexity index is 691. The molecule has 2 heterocycles. The molecular weight excluding hydrogens is 394 g/mol. The summed E-state index contributed by atoms with van der Waals surface area (Å²) >= 11 is 0. The number of sulfonamides is 1. The van der Waals surface area contributed by atoms with Gasteiger partial charge in [-0.1, -0.05) is 0 Å². The second kappa shape index (κ2) is 10.4. The van der Waals surface area contributed by atoms with Crippen molar-refractivity contribution in [2.45, 2.75) is 31.2 Å². The second-order valence-electron chi connectivity index (χ2n) is 6.84. The fourth-order valence-electron chi connectivity index (χ4n) is 3.04. The molecule has 0 aromatic carbocycles. The predicted octanol–water partition coefficient (Wildman–Crippen LogP) is -0.0489. The number of hydrogen-bond acceptors (Lipinski definition) is 6. The Morgan fingerprint density at radius 3 is 2.63 bits per heavy atom. The minimum atomic E-state index is -3.70. The molecule has 1 saturated heterocycles. The molecule has 1 fully saturated rings. The number of nitrogens with zero attached hydrogens (tertiary/aromatic N) is 2. The van der Waals surface area contributed by atoms with Gasteiger partial charge in [0.05, 0.1) is 6.61 Å². The molecule has 1 aromatic heterocycles. The number of amides is 1. The Hall–Kier alpha value is -1.20. The lowest BCUT2D eigenvalue weighted by atomic mass is 9.79. The van der Waals surface area contributed by atoms with Gasteiger partial charge in [-0.15, -0.1) is 12.4 Å². The molecule has 11 heteroatoms. The van der Waals surface area contributed by atoms with E-state index in [0.29, 0.717) is 19.0 Å². The summed E-state index contributed by atoms with van der Waals surface area (Å²) in [7, 11) is -0.310. The smallest absolute Gasteiger partial charge is 0.259 e. The number of carbonyl (C=O) groups is 1. The summed E-state index contributed by atoms with van der Waals surface area (Å²) < 4.78 is 33.7. The van der Waals surface area contributed by atoms with Crippen molar-refractivity contribution in [1.82, 2.24) is 24.9 Å². The number of imidazole rings is 1. The van der Waals surface area contributed by atoms with Crippen molar-refractivity contribution in [1.29, 1.82) is 0 Å². The molecule has 0 atom stereocenters. The third-order valence-corrected chi connectivity index (χ3v) is 6.11. The molecule has 156 valence electrons. The highest BCUT2D eigenvalue weighted by Gasteiger charge is 2.32. The van der Waals surface area contributed by atoms with Crippen LogP contribution in [0.3, 0.4) is 0 Å². The largest absolute Gasteiger partial charge is 0.384 e. The number of halogens is 1. The van der Waals surface area contributed by atoms with Crippen LogP contribution in [0.2, 0.25) is 0 Å². The van der Waals surface area contributed by atoms with Crippen molar-refractivity contribution in [2.75, 3.05) is 39.9 Å². The van der Waals surface area contributed by atoms with Crippen LogP contribution < -0.4 is 15.4 Å². The molecular formula is C16H30ClN5O4S. The first-order valence-electron chi connectivity index (χ1n) is 8.74. The van der Waals surface area contributed by atoms with Crippen LogP contribution in [0.15, 0.2) is 11.2 Å². The van der Waals surface area contributed by atoms with Gasteiger partial charge >= 0.3 is 0 Å². The molecule has 1 amide bonds. The average molecular weight is 424 g/mol. The highest BCUT2D eigenvalue weighted by atomic mass is 35.5. The van der Waals surface area contributed by atoms with Crippen LogP contribution in [-0.4, -0.2) is 63.8 Å². The molecule has 3 N–H and O–H groups in total. The summed E-state index contributed by atoms with van der Waals surface area (Å²) in [5.41, 5.74) is -0.0549. The van der Waals surface area contributed by atoms with Gasteiger partial charge < -0.3 is 19.9 Å². The van der Waals surface area contributed by atoms with Crippen LogP contribution in [0.5, 0.6) is 0 Å². The number of ether oxygens (including phenoxy) is 1. The molecule has 9 nitrogen and oxygen atoms in total. The molecule has 0 aliphatic carbocycles. The van der Waals surface area contributed by atoms with Crippen molar-refractivity contribution in [3.05, 3.63) is 12.0 Å². The first-order valence-corrected chi connectivity index (χ1v) is 10.2. The number of aryl methyl sites for hydroxylation is 2. The maximum Gasteiger partial charge on any atom is 0.259 e. The van der Waals surface area contributed by atoms with Crippen molar-refractivity contribution in [2.24, 2.45) is 12.5 Å². The minimum Gasteiger partial charge on any atom is -0.384 e. The lowest BCUT2D eigenvalue weighted by Gasteiger charge is -2.37. The molecule has 27 heavy (non-hydrogen) atoms. The monoisotopic (exact) mass is 423 g/mol. The van der Waals surface area contributed by atoms with Crippen molar-refractivity contribution in [3.8, 4) is 0 Å². The third-order valence-electron chi connectivity index (χ3n) is 4.78. The summed E-state index contributed by atoms with van der Waals surface area (Å²) in [5.74, 6) is 0.424. The van der Waals surface area contributed by atoms with E-state index in [0.717, 1.165) is 25.9 Å². The number of hydrogen-bond donors (Lipinski definition) is 3. The van der Waals surface area contributed by atoms with Gasteiger partial charge in [0.15, 0.2) is 5.03 Å². The summed E-state index contributed by atoms with van der Waals surface area (Å²) in [6.07, 6.45) is 3.40. The standard InChI is InChI=1S/C16H29N5O4S.ClH/c1-13-20-15(10-21(13)2)26(23,24)19-7-4-14(22)18-11-16(12-25-3)5-8-17-9-6-16;/h10,17,19H,4-9,11-12H2,1-3H3,(H,18,22);1H. The first kappa shape index (κ1) is 23.8. The fraction of sp³-hybridized carbons (Fsp3) is 0.750. The molecule has 0 saturated carbocycles. The van der Waals surface area contributed by atoms with Crippen molar-refractivity contribution >= 4 is 28.3 Å². The van der Waals surface area contributed by atoms with Crippen LogP contribution in [-0.2, 0) is 26.6 Å². The number of piperidine rings is 1. The lowest BCUT2D eigenvalue weighted by molar-refractivity contribution is -0.121. The Balaban J connectivity index is 0.00000364. The SMILES string of the molecule is COCC1(CNC(=O)CCNS(=O)(=O)c2cn(C)c(C)n2)CCNCC1.Cl. The third kappa shape index (κ3) is 6.72. The van der Waals surface area contributed by atoms with Crippen LogP contribution in [0.1, 0.15) is 25.1 Å². The van der Waals surface area contributed by atoms with Gasteiger partial charge in [-0.2, -0.15) is 0 Å². The predicted molar refractivity (Wildman–Crippen MR) is 104 cm³/mol. The van der Waals surface area contributed by atoms with E-state index >= 15 is 0 Å². The average Bonchev–Trinajstić information content (AvgIpc) is 2.94. The molecule has 1 aliphatic heterocycles. The van der Waals surface area contributed by atoms with E-state index in [4.69, 9.17) is 4.74 Å². The maximum atomic E-state index is 12.2. The Kier molecular flexibility index (Phi) is 9.16. The van der Waals surface area contributed by atoms with Crippen LogP contribution in [0, 0.1) is 12.3 Å². The number of carbonyl (C=O) groups excluding carboxylic acids is 1. The second-order valence-corrected chi connectivity index (χ2v) is 8.56. The van der Waals surface area contributed by atoms with Gasteiger partial charge in [0.2, 0.25) is 5.91 Å². The van der Waals surface area contributed by atoms with Crippen molar-refractivity contribution < 1.29 is 17.9 Å². The quantitative estimate of drug-likeness (QED) is 0.513. The highest BCUT2D eigenvalue weighted by molar-refractivity contribution is 7.89. The van der Waals surface area contributed by atoms with Gasteiger partial charge in [0.25, 0.3) is 10.0 Å². The Morgan fingerprint density at radius 1 is 1.41 bits per heavy atom. The van der Waals surface area contributed by atoms with E-state index in [1.54, 1.807) is 25.6 Å². The van der Waals surface area contributed by atoms with E-state index in [9.17, 15) is 13.2 Å². The normalized spacial score (nSPS) is 16.6. The Morgan fingerprint density at radius 2 is 2.07 bits per heavy atom. The molecule has 0 bridgehead atoms. The van der Waals surface area contributed by atoms with E-state index in [-0.39, 0.29) is 41.7 Å². The van der Waals surface area contributed by atoms with Gasteiger partial charge in [0, 0.05) is 45.3 Å². The van der Waals surface area contributed by atoms with E-state index in [1.807, 2.05) is 0 Å². The van der Waals surface area contributed by atoms with Crippen LogP contribution in [0.25, 0.3) is 0 Å². The number of rotatable bonds is 9. The van der Waals surface area contributed by atoms with Gasteiger partial charge in [-0.05, 0) is 32.9 Å². The molecule has 1 aliphatic rings. The van der Waals surface area contributed by atoms with Gasteiger partial charge in [0.1, 0.15) is 5.82 Å². The highest BCUT2D eigenvalue weighted by Crippen LogP contribution is 2.28. The molecule has 0 unspecified atom stereocenters. The van der Waals surface area contributed by atoms with E-state index in [1.165, 1.54) is 6.20 Å². The number of methoxy groups -OCH3 is 1. The topological polar surface area (TPSA) is 114 Å². The zero-order chi connectivity index (χ0) is 19.2. The summed E-state index contributed by atoms with van der Waals surface area (Å²) in [6.45, 7) is 4.70.